The number of hydrogen-bond acceptors (Lipinski definition) is 4. The molecule has 0 aliphatic heterocycles. The number of rotatable bonds is 5. The SMILES string of the molecule is CN(C)C(C)(C)CNC(=O)c1nc[nH]c1C(=O)O. The van der Waals surface area contributed by atoms with Crippen LogP contribution in [0, 0.1) is 0 Å². The van der Waals surface area contributed by atoms with E-state index in [-0.39, 0.29) is 16.9 Å². The Bertz CT molecular complexity index is 451. The number of likely N-dealkylation sites (N-methyl/N-ethyl adjacent to an activating group) is 1. The van der Waals surface area contributed by atoms with Crippen LogP contribution in [0.1, 0.15) is 34.8 Å². The number of nitrogens with one attached hydrogen (secondary N) is 2. The molecule has 1 aromatic heterocycles. The van der Waals surface area contributed by atoms with Crippen molar-refractivity contribution in [2.45, 2.75) is 19.4 Å². The van der Waals surface area contributed by atoms with Crippen molar-refractivity contribution in [2.24, 2.45) is 0 Å². The van der Waals surface area contributed by atoms with E-state index in [0.29, 0.717) is 6.54 Å². The highest BCUT2D eigenvalue weighted by atomic mass is 16.4. The maximum Gasteiger partial charge on any atom is 0.354 e. The van der Waals surface area contributed by atoms with E-state index in [4.69, 9.17) is 5.11 Å². The summed E-state index contributed by atoms with van der Waals surface area (Å²) in [6.45, 7) is 4.33. The first-order valence-corrected chi connectivity index (χ1v) is 5.48. The van der Waals surface area contributed by atoms with E-state index < -0.39 is 11.9 Å². The molecular weight excluding hydrogens is 236 g/mol. The van der Waals surface area contributed by atoms with Gasteiger partial charge in [-0.05, 0) is 27.9 Å². The van der Waals surface area contributed by atoms with Gasteiger partial charge in [-0.1, -0.05) is 0 Å². The normalized spacial score (nSPS) is 11.6. The van der Waals surface area contributed by atoms with Crippen LogP contribution in [0.15, 0.2) is 6.33 Å². The molecule has 7 heteroatoms. The Morgan fingerprint density at radius 2 is 2.11 bits per heavy atom. The molecule has 0 aliphatic carbocycles. The zero-order valence-corrected chi connectivity index (χ0v) is 10.9. The number of amides is 1. The third-order valence-corrected chi connectivity index (χ3v) is 2.96. The van der Waals surface area contributed by atoms with Crippen LogP contribution in [0.5, 0.6) is 0 Å². The molecule has 0 radical (unpaired) electrons. The molecule has 0 fully saturated rings. The van der Waals surface area contributed by atoms with Crippen LogP contribution in [0.3, 0.4) is 0 Å². The third-order valence-electron chi connectivity index (χ3n) is 2.96. The van der Waals surface area contributed by atoms with Gasteiger partial charge >= 0.3 is 5.97 Å². The van der Waals surface area contributed by atoms with Crippen molar-refractivity contribution in [3.05, 3.63) is 17.7 Å². The first kappa shape index (κ1) is 14.2. The van der Waals surface area contributed by atoms with Crippen molar-refractivity contribution in [1.29, 1.82) is 0 Å². The molecule has 1 aromatic rings. The second-order valence-corrected chi connectivity index (χ2v) is 4.82. The Hall–Kier alpha value is -1.89. The summed E-state index contributed by atoms with van der Waals surface area (Å²) in [6, 6.07) is 0. The Kier molecular flexibility index (Phi) is 4.07. The van der Waals surface area contributed by atoms with E-state index in [1.807, 2.05) is 32.8 Å². The summed E-state index contributed by atoms with van der Waals surface area (Å²) in [7, 11) is 3.81. The lowest BCUT2D eigenvalue weighted by atomic mass is 10.0. The molecule has 0 aliphatic rings. The summed E-state index contributed by atoms with van der Waals surface area (Å²) >= 11 is 0. The Labute approximate surface area is 105 Å². The zero-order valence-electron chi connectivity index (χ0n) is 10.9. The van der Waals surface area contributed by atoms with E-state index in [9.17, 15) is 9.59 Å². The second-order valence-electron chi connectivity index (χ2n) is 4.82. The van der Waals surface area contributed by atoms with Crippen LogP contribution in [-0.4, -0.2) is 58.0 Å². The molecule has 0 saturated carbocycles. The minimum Gasteiger partial charge on any atom is -0.477 e. The maximum atomic E-state index is 11.8. The summed E-state index contributed by atoms with van der Waals surface area (Å²) in [5.74, 6) is -1.70. The zero-order chi connectivity index (χ0) is 13.9. The van der Waals surface area contributed by atoms with Gasteiger partial charge in [-0.3, -0.25) is 4.79 Å². The van der Waals surface area contributed by atoms with E-state index in [1.165, 1.54) is 6.33 Å². The summed E-state index contributed by atoms with van der Waals surface area (Å²) in [4.78, 5) is 30.8. The molecule has 3 N–H and O–H groups in total. The van der Waals surface area contributed by atoms with E-state index in [2.05, 4.69) is 15.3 Å². The van der Waals surface area contributed by atoms with Crippen LogP contribution >= 0.6 is 0 Å². The quantitative estimate of drug-likeness (QED) is 0.696. The molecule has 18 heavy (non-hydrogen) atoms. The number of carboxylic acid groups (broad SMARTS) is 1. The van der Waals surface area contributed by atoms with Gasteiger partial charge in [0.15, 0.2) is 11.4 Å². The fourth-order valence-corrected chi connectivity index (χ4v) is 1.17. The van der Waals surface area contributed by atoms with Crippen molar-refractivity contribution >= 4 is 11.9 Å². The molecule has 0 atom stereocenters. The third kappa shape index (κ3) is 3.07. The number of hydrogen-bond donors (Lipinski definition) is 3. The minimum atomic E-state index is -1.20. The van der Waals surface area contributed by atoms with Gasteiger partial charge in [-0.2, -0.15) is 0 Å². The number of aromatic amines is 1. The van der Waals surface area contributed by atoms with E-state index in [0.717, 1.165) is 0 Å². The van der Waals surface area contributed by atoms with Crippen LogP contribution < -0.4 is 5.32 Å². The predicted molar refractivity (Wildman–Crippen MR) is 65.6 cm³/mol. The van der Waals surface area contributed by atoms with Crippen molar-refractivity contribution in [3.8, 4) is 0 Å². The number of aromatic carboxylic acids is 1. The molecular formula is C11H18N4O3. The molecule has 1 rings (SSSR count). The first-order chi connectivity index (χ1) is 8.25. The topological polar surface area (TPSA) is 98.3 Å². The average Bonchev–Trinajstić information content (AvgIpc) is 2.74. The van der Waals surface area contributed by atoms with Crippen LogP contribution in [-0.2, 0) is 0 Å². The highest BCUT2D eigenvalue weighted by molar-refractivity contribution is 6.02. The summed E-state index contributed by atoms with van der Waals surface area (Å²) < 4.78 is 0. The van der Waals surface area contributed by atoms with Gasteiger partial charge in [0.05, 0.1) is 6.33 Å². The summed E-state index contributed by atoms with van der Waals surface area (Å²) in [5, 5.41) is 11.5. The first-order valence-electron chi connectivity index (χ1n) is 5.48. The fourth-order valence-electron chi connectivity index (χ4n) is 1.17. The highest BCUT2D eigenvalue weighted by Gasteiger charge is 2.24. The van der Waals surface area contributed by atoms with Gasteiger partial charge in [0, 0.05) is 12.1 Å². The Morgan fingerprint density at radius 1 is 1.50 bits per heavy atom. The Balaban J connectivity index is 2.72. The molecule has 0 unspecified atom stereocenters. The minimum absolute atomic E-state index is 0.0999. The van der Waals surface area contributed by atoms with E-state index in [1.54, 1.807) is 0 Å². The summed E-state index contributed by atoms with van der Waals surface area (Å²) in [6.07, 6.45) is 1.19. The lowest BCUT2D eigenvalue weighted by Crippen LogP contribution is -2.48. The molecule has 1 amide bonds. The second kappa shape index (κ2) is 5.18. The van der Waals surface area contributed by atoms with Crippen molar-refractivity contribution < 1.29 is 14.7 Å². The smallest absolute Gasteiger partial charge is 0.354 e. The number of H-pyrrole nitrogens is 1. The van der Waals surface area contributed by atoms with E-state index >= 15 is 0 Å². The number of carboxylic acids is 1. The average molecular weight is 254 g/mol. The van der Waals surface area contributed by atoms with Crippen molar-refractivity contribution in [3.63, 3.8) is 0 Å². The lowest BCUT2D eigenvalue weighted by Gasteiger charge is -2.32. The van der Waals surface area contributed by atoms with Crippen molar-refractivity contribution in [2.75, 3.05) is 20.6 Å². The van der Waals surface area contributed by atoms with Crippen molar-refractivity contribution in [1.82, 2.24) is 20.2 Å². The number of imidazole rings is 1. The molecule has 0 aromatic carbocycles. The van der Waals surface area contributed by atoms with Gasteiger partial charge in [-0.15, -0.1) is 0 Å². The molecule has 1 heterocycles. The van der Waals surface area contributed by atoms with Crippen LogP contribution in [0.4, 0.5) is 0 Å². The number of carbonyl (C=O) groups is 2. The van der Waals surface area contributed by atoms with Crippen LogP contribution in [0.25, 0.3) is 0 Å². The van der Waals surface area contributed by atoms with Gasteiger partial charge in [0.1, 0.15) is 0 Å². The Morgan fingerprint density at radius 3 is 2.61 bits per heavy atom. The monoisotopic (exact) mass is 254 g/mol. The van der Waals surface area contributed by atoms with Gasteiger partial charge in [0.2, 0.25) is 0 Å². The summed E-state index contributed by atoms with van der Waals surface area (Å²) in [5.41, 5.74) is -0.526. The molecule has 7 nitrogen and oxygen atoms in total. The lowest BCUT2D eigenvalue weighted by molar-refractivity contribution is 0.0684. The largest absolute Gasteiger partial charge is 0.477 e. The van der Waals surface area contributed by atoms with Gasteiger partial charge < -0.3 is 20.3 Å². The molecule has 100 valence electrons. The highest BCUT2D eigenvalue weighted by Crippen LogP contribution is 2.09. The van der Waals surface area contributed by atoms with Gasteiger partial charge in [0.25, 0.3) is 5.91 Å². The molecule has 0 spiro atoms. The number of nitrogens with zero attached hydrogens (tertiary/aromatic N) is 2. The number of carbonyl (C=O) groups excluding carboxylic acids is 1. The maximum absolute atomic E-state index is 11.8. The van der Waals surface area contributed by atoms with Gasteiger partial charge in [-0.25, -0.2) is 9.78 Å². The van der Waals surface area contributed by atoms with Crippen LogP contribution in [0.2, 0.25) is 0 Å². The fraction of sp³-hybridized carbons (Fsp3) is 0.545. The predicted octanol–water partition coefficient (Wildman–Crippen LogP) is 0.178. The molecule has 0 bridgehead atoms. The standard InChI is InChI=1S/C11H18N4O3/c1-11(2,15(3)4)5-12-9(16)7-8(10(17)18)14-6-13-7/h6H,5H2,1-4H3,(H,12,16)(H,13,14)(H,17,18). The number of aromatic nitrogens is 2. The molecule has 0 saturated heterocycles.